The van der Waals surface area contributed by atoms with Crippen LogP contribution in [0.15, 0.2) is 73.1 Å². The van der Waals surface area contributed by atoms with Crippen LogP contribution in [0.2, 0.25) is 0 Å². The number of halogens is 1. The highest BCUT2D eigenvalue weighted by Gasteiger charge is 2.18. The summed E-state index contributed by atoms with van der Waals surface area (Å²) in [5, 5.41) is 2.66. The average Bonchev–Trinajstić information content (AvgIpc) is 3.10. The minimum absolute atomic E-state index is 0.132. The Labute approximate surface area is 140 Å². The number of carbonyl (C=O) groups excluding carboxylic acids is 1. The summed E-state index contributed by atoms with van der Waals surface area (Å²) in [4.78, 5) is 12.4. The number of hydrogen-bond donors (Lipinski definition) is 1. The number of aryl methyl sites for hydroxylation is 1. The molecule has 2 aromatic carbocycles. The summed E-state index contributed by atoms with van der Waals surface area (Å²) in [5.41, 5.74) is 2.42. The number of nitrogens with one attached hydrogen (secondary N) is 1. The van der Waals surface area contributed by atoms with E-state index in [1.54, 1.807) is 18.2 Å². The Morgan fingerprint density at radius 2 is 1.71 bits per heavy atom. The van der Waals surface area contributed by atoms with Gasteiger partial charge in [-0.15, -0.1) is 0 Å². The van der Waals surface area contributed by atoms with Crippen molar-refractivity contribution in [1.82, 2.24) is 4.57 Å². The third-order valence-electron chi connectivity index (χ3n) is 3.98. The number of para-hydroxylation sites is 1. The van der Waals surface area contributed by atoms with Crippen molar-refractivity contribution in [2.75, 3.05) is 5.32 Å². The molecule has 0 aliphatic rings. The Kier molecular flexibility index (Phi) is 4.75. The van der Waals surface area contributed by atoms with Gasteiger partial charge in [0.1, 0.15) is 5.82 Å². The van der Waals surface area contributed by atoms with Crippen molar-refractivity contribution < 1.29 is 9.18 Å². The van der Waals surface area contributed by atoms with Crippen molar-refractivity contribution in [1.29, 1.82) is 0 Å². The van der Waals surface area contributed by atoms with Gasteiger partial charge in [0.25, 0.3) is 0 Å². The predicted octanol–water partition coefficient (Wildman–Crippen LogP) is 4.55. The normalized spacial score (nSPS) is 11.9. The molecule has 0 fully saturated rings. The fraction of sp³-hybridized carbons (Fsp3) is 0.150. The molecule has 0 saturated heterocycles. The van der Waals surface area contributed by atoms with Gasteiger partial charge in [-0.2, -0.15) is 0 Å². The smallest absolute Gasteiger partial charge is 0.226 e. The Morgan fingerprint density at radius 3 is 2.38 bits per heavy atom. The molecule has 24 heavy (non-hydrogen) atoms. The number of carbonyl (C=O) groups is 1. The Hall–Kier alpha value is -2.88. The molecule has 0 spiro atoms. The van der Waals surface area contributed by atoms with E-state index in [0.717, 1.165) is 5.56 Å². The van der Waals surface area contributed by atoms with E-state index in [-0.39, 0.29) is 24.1 Å². The van der Waals surface area contributed by atoms with Crippen molar-refractivity contribution in [2.24, 2.45) is 0 Å². The van der Waals surface area contributed by atoms with E-state index in [0.29, 0.717) is 0 Å². The average molecular weight is 322 g/mol. The van der Waals surface area contributed by atoms with Gasteiger partial charge in [0.15, 0.2) is 0 Å². The zero-order chi connectivity index (χ0) is 16.9. The summed E-state index contributed by atoms with van der Waals surface area (Å²) in [7, 11) is 0. The molecule has 1 aromatic heterocycles. The topological polar surface area (TPSA) is 34.0 Å². The minimum Gasteiger partial charge on any atom is -0.346 e. The first-order chi connectivity index (χ1) is 11.6. The second-order valence-corrected chi connectivity index (χ2v) is 5.79. The quantitative estimate of drug-likeness (QED) is 0.734. The van der Waals surface area contributed by atoms with E-state index in [9.17, 15) is 9.18 Å². The molecule has 3 rings (SSSR count). The maximum atomic E-state index is 13.7. The number of aromatic nitrogens is 1. The van der Waals surface area contributed by atoms with Crippen LogP contribution in [0.4, 0.5) is 10.1 Å². The number of hydrogen-bond acceptors (Lipinski definition) is 1. The standard InChI is InChI=1S/C20H19FN2O/c1-15-8-10-16(11-9-15)19(23-12-4-5-13-23)14-20(24)22-18-7-3-2-6-17(18)21/h2-13,19H,14H2,1H3,(H,22,24)/t19-/m1/s1. The molecule has 1 atom stereocenters. The maximum Gasteiger partial charge on any atom is 0.226 e. The molecule has 0 saturated carbocycles. The second-order valence-electron chi connectivity index (χ2n) is 5.79. The first-order valence-electron chi connectivity index (χ1n) is 7.87. The highest BCUT2D eigenvalue weighted by atomic mass is 19.1. The first-order valence-corrected chi connectivity index (χ1v) is 7.87. The van der Waals surface area contributed by atoms with Gasteiger partial charge in [-0.05, 0) is 36.8 Å². The molecular weight excluding hydrogens is 303 g/mol. The SMILES string of the molecule is Cc1ccc([C@@H](CC(=O)Nc2ccccc2F)n2cccc2)cc1. The number of benzene rings is 2. The predicted molar refractivity (Wildman–Crippen MR) is 93.4 cm³/mol. The first kappa shape index (κ1) is 16.0. The lowest BCUT2D eigenvalue weighted by Gasteiger charge is -2.19. The van der Waals surface area contributed by atoms with E-state index < -0.39 is 5.82 Å². The van der Waals surface area contributed by atoms with Crippen LogP contribution < -0.4 is 5.32 Å². The van der Waals surface area contributed by atoms with Crippen LogP contribution in [0.1, 0.15) is 23.6 Å². The lowest BCUT2D eigenvalue weighted by molar-refractivity contribution is -0.116. The summed E-state index contributed by atoms with van der Waals surface area (Å²) in [6, 6.07) is 18.0. The Morgan fingerprint density at radius 1 is 1.04 bits per heavy atom. The van der Waals surface area contributed by atoms with E-state index in [1.807, 2.05) is 60.3 Å². The van der Waals surface area contributed by atoms with Gasteiger partial charge in [-0.25, -0.2) is 4.39 Å². The fourth-order valence-corrected chi connectivity index (χ4v) is 2.68. The highest BCUT2D eigenvalue weighted by molar-refractivity contribution is 5.91. The molecule has 0 unspecified atom stereocenters. The van der Waals surface area contributed by atoms with Crippen molar-refractivity contribution >= 4 is 11.6 Å². The van der Waals surface area contributed by atoms with Gasteiger partial charge in [-0.3, -0.25) is 4.79 Å². The van der Waals surface area contributed by atoms with Crippen LogP contribution in [0.3, 0.4) is 0 Å². The summed E-state index contributed by atoms with van der Waals surface area (Å²) >= 11 is 0. The molecule has 3 aromatic rings. The molecule has 1 N–H and O–H groups in total. The van der Waals surface area contributed by atoms with Gasteiger partial charge in [-0.1, -0.05) is 42.0 Å². The zero-order valence-electron chi connectivity index (χ0n) is 13.4. The molecule has 0 aliphatic carbocycles. The van der Waals surface area contributed by atoms with Crippen molar-refractivity contribution in [3.8, 4) is 0 Å². The van der Waals surface area contributed by atoms with E-state index in [2.05, 4.69) is 5.32 Å². The summed E-state index contributed by atoms with van der Waals surface area (Å²) in [6.07, 6.45) is 4.09. The number of anilines is 1. The molecule has 122 valence electrons. The minimum atomic E-state index is -0.432. The molecule has 1 heterocycles. The second kappa shape index (κ2) is 7.13. The van der Waals surface area contributed by atoms with E-state index >= 15 is 0 Å². The summed E-state index contributed by atoms with van der Waals surface area (Å²) < 4.78 is 15.7. The van der Waals surface area contributed by atoms with Gasteiger partial charge in [0, 0.05) is 12.4 Å². The third-order valence-corrected chi connectivity index (χ3v) is 3.98. The molecule has 3 nitrogen and oxygen atoms in total. The highest BCUT2D eigenvalue weighted by Crippen LogP contribution is 2.24. The van der Waals surface area contributed by atoms with Crippen LogP contribution >= 0.6 is 0 Å². The lowest BCUT2D eigenvalue weighted by atomic mass is 10.0. The van der Waals surface area contributed by atoms with Crippen LogP contribution in [0.25, 0.3) is 0 Å². The largest absolute Gasteiger partial charge is 0.346 e. The molecule has 0 aliphatic heterocycles. The molecular formula is C20H19FN2O. The van der Waals surface area contributed by atoms with Crippen LogP contribution in [-0.4, -0.2) is 10.5 Å². The van der Waals surface area contributed by atoms with E-state index in [4.69, 9.17) is 0 Å². The van der Waals surface area contributed by atoms with Crippen LogP contribution in [0, 0.1) is 12.7 Å². The summed E-state index contributed by atoms with van der Waals surface area (Å²) in [5.74, 6) is -0.655. The van der Waals surface area contributed by atoms with Gasteiger partial charge < -0.3 is 9.88 Å². The zero-order valence-corrected chi connectivity index (χ0v) is 13.4. The van der Waals surface area contributed by atoms with E-state index in [1.165, 1.54) is 11.6 Å². The number of rotatable bonds is 5. The number of amides is 1. The van der Waals surface area contributed by atoms with Crippen molar-refractivity contribution in [3.05, 3.63) is 90.0 Å². The Balaban J connectivity index is 1.81. The van der Waals surface area contributed by atoms with Gasteiger partial charge in [0.2, 0.25) is 5.91 Å². The van der Waals surface area contributed by atoms with Crippen molar-refractivity contribution in [2.45, 2.75) is 19.4 Å². The molecule has 0 bridgehead atoms. The lowest BCUT2D eigenvalue weighted by Crippen LogP contribution is -2.20. The Bertz CT molecular complexity index is 810. The maximum absolute atomic E-state index is 13.7. The monoisotopic (exact) mass is 322 g/mol. The fourth-order valence-electron chi connectivity index (χ4n) is 2.68. The molecule has 4 heteroatoms. The number of nitrogens with zero attached hydrogens (tertiary/aromatic N) is 1. The van der Waals surface area contributed by atoms with Crippen LogP contribution in [0.5, 0.6) is 0 Å². The third kappa shape index (κ3) is 3.71. The van der Waals surface area contributed by atoms with Crippen molar-refractivity contribution in [3.63, 3.8) is 0 Å². The summed E-state index contributed by atoms with van der Waals surface area (Å²) in [6.45, 7) is 2.03. The van der Waals surface area contributed by atoms with Gasteiger partial charge in [0.05, 0.1) is 18.2 Å². The molecule has 0 radical (unpaired) electrons. The van der Waals surface area contributed by atoms with Gasteiger partial charge >= 0.3 is 0 Å². The molecule has 1 amide bonds. The van der Waals surface area contributed by atoms with Crippen LogP contribution in [-0.2, 0) is 4.79 Å².